The smallest absolute Gasteiger partial charge is 0.0208 e. The molecule has 0 radical (unpaired) electrons. The van der Waals surface area contributed by atoms with E-state index in [-0.39, 0.29) is 0 Å². The van der Waals surface area contributed by atoms with E-state index < -0.39 is 0 Å². The summed E-state index contributed by atoms with van der Waals surface area (Å²) in [4.78, 5) is 2.58. The van der Waals surface area contributed by atoms with Gasteiger partial charge in [-0.25, -0.2) is 0 Å². The summed E-state index contributed by atoms with van der Waals surface area (Å²) < 4.78 is 0. The van der Waals surface area contributed by atoms with Crippen molar-refractivity contribution >= 4 is 0 Å². The Hall–Kier alpha value is -0.860. The van der Waals surface area contributed by atoms with Crippen LogP contribution in [0.2, 0.25) is 0 Å². The zero-order valence-electron chi connectivity index (χ0n) is 11.8. The second-order valence-electron chi connectivity index (χ2n) is 5.44. The highest BCUT2D eigenvalue weighted by molar-refractivity contribution is 5.32. The van der Waals surface area contributed by atoms with E-state index in [1.165, 1.54) is 55.6 Å². The minimum Gasteiger partial charge on any atom is -0.313 e. The first kappa shape index (κ1) is 13.6. The summed E-state index contributed by atoms with van der Waals surface area (Å²) in [6.07, 6.45) is 4.07. The fraction of sp³-hybridized carbons (Fsp3) is 0.625. The van der Waals surface area contributed by atoms with Gasteiger partial charge in [-0.15, -0.1) is 0 Å². The number of nitrogens with one attached hydrogen (secondary N) is 1. The lowest BCUT2D eigenvalue weighted by Crippen LogP contribution is -2.24. The quantitative estimate of drug-likeness (QED) is 0.776. The lowest BCUT2D eigenvalue weighted by molar-refractivity contribution is 0.331. The number of benzene rings is 1. The highest BCUT2D eigenvalue weighted by atomic mass is 15.1. The molecule has 0 unspecified atom stereocenters. The van der Waals surface area contributed by atoms with Gasteiger partial charge in [0, 0.05) is 6.54 Å². The first-order valence-corrected chi connectivity index (χ1v) is 7.25. The molecule has 1 aliphatic heterocycles. The van der Waals surface area contributed by atoms with Crippen LogP contribution >= 0.6 is 0 Å². The Morgan fingerprint density at radius 3 is 2.72 bits per heavy atom. The zero-order chi connectivity index (χ0) is 12.8. The molecule has 1 aromatic carbocycles. The van der Waals surface area contributed by atoms with Crippen LogP contribution in [0.1, 0.15) is 36.0 Å². The average molecular weight is 246 g/mol. The Labute approximate surface area is 111 Å². The number of aryl methyl sites for hydroxylation is 1. The monoisotopic (exact) mass is 246 g/mol. The van der Waals surface area contributed by atoms with Crippen molar-refractivity contribution in [3.8, 4) is 0 Å². The predicted octanol–water partition coefficient (Wildman–Crippen LogP) is 2.88. The summed E-state index contributed by atoms with van der Waals surface area (Å²) in [7, 11) is 0. The molecule has 0 aliphatic carbocycles. The highest BCUT2D eigenvalue weighted by Crippen LogP contribution is 2.12. The molecule has 2 nitrogen and oxygen atoms in total. The van der Waals surface area contributed by atoms with Gasteiger partial charge < -0.3 is 10.2 Å². The Bertz CT molecular complexity index is 367. The van der Waals surface area contributed by atoms with Crippen LogP contribution in [0.4, 0.5) is 0 Å². The van der Waals surface area contributed by atoms with Crippen LogP contribution < -0.4 is 5.32 Å². The summed E-state index contributed by atoms with van der Waals surface area (Å²) >= 11 is 0. The molecular formula is C16H26N2. The zero-order valence-corrected chi connectivity index (χ0v) is 11.8. The van der Waals surface area contributed by atoms with Crippen LogP contribution in [-0.4, -0.2) is 31.1 Å². The standard InChI is InChI=1S/C16H26N2/c1-14-7-5-8-16(15(14)2)13-17-9-6-12-18-10-3-4-11-18/h5,7-8,17H,3-4,6,9-13H2,1-2H3. The van der Waals surface area contributed by atoms with Crippen molar-refractivity contribution in [3.05, 3.63) is 34.9 Å². The van der Waals surface area contributed by atoms with Gasteiger partial charge in [-0.2, -0.15) is 0 Å². The molecule has 0 saturated carbocycles. The largest absolute Gasteiger partial charge is 0.313 e. The molecule has 100 valence electrons. The molecule has 0 spiro atoms. The predicted molar refractivity (Wildman–Crippen MR) is 77.9 cm³/mol. The molecule has 0 aromatic heterocycles. The molecule has 1 aromatic rings. The third-order valence-corrected chi connectivity index (χ3v) is 4.06. The number of hydrogen-bond acceptors (Lipinski definition) is 2. The van der Waals surface area contributed by atoms with Crippen molar-refractivity contribution in [2.24, 2.45) is 0 Å². The number of likely N-dealkylation sites (tertiary alicyclic amines) is 1. The maximum atomic E-state index is 3.57. The number of hydrogen-bond donors (Lipinski definition) is 1. The van der Waals surface area contributed by atoms with Gasteiger partial charge in [-0.05, 0) is 76.0 Å². The van der Waals surface area contributed by atoms with Crippen molar-refractivity contribution in [1.82, 2.24) is 10.2 Å². The Morgan fingerprint density at radius 2 is 1.94 bits per heavy atom. The second-order valence-corrected chi connectivity index (χ2v) is 5.44. The summed E-state index contributed by atoms with van der Waals surface area (Å²) in [5.41, 5.74) is 4.27. The molecule has 0 amide bonds. The molecule has 2 heteroatoms. The van der Waals surface area contributed by atoms with Gasteiger partial charge in [0.05, 0.1) is 0 Å². The second kappa shape index (κ2) is 6.91. The third kappa shape index (κ3) is 3.82. The van der Waals surface area contributed by atoms with Crippen molar-refractivity contribution in [3.63, 3.8) is 0 Å². The van der Waals surface area contributed by atoms with Gasteiger partial charge in [0.2, 0.25) is 0 Å². The van der Waals surface area contributed by atoms with E-state index in [2.05, 4.69) is 42.3 Å². The topological polar surface area (TPSA) is 15.3 Å². The Balaban J connectivity index is 1.64. The fourth-order valence-electron chi connectivity index (χ4n) is 2.66. The number of rotatable bonds is 6. The first-order valence-electron chi connectivity index (χ1n) is 7.25. The first-order chi connectivity index (χ1) is 8.77. The van der Waals surface area contributed by atoms with E-state index in [0.717, 1.165) is 13.1 Å². The minimum absolute atomic E-state index is 1.01. The Morgan fingerprint density at radius 1 is 1.17 bits per heavy atom. The average Bonchev–Trinajstić information content (AvgIpc) is 2.87. The van der Waals surface area contributed by atoms with Crippen molar-refractivity contribution in [2.75, 3.05) is 26.2 Å². The molecule has 2 rings (SSSR count). The lowest BCUT2D eigenvalue weighted by Gasteiger charge is -2.14. The summed E-state index contributed by atoms with van der Waals surface area (Å²) in [6.45, 7) is 10.4. The van der Waals surface area contributed by atoms with E-state index >= 15 is 0 Å². The van der Waals surface area contributed by atoms with Crippen molar-refractivity contribution in [2.45, 2.75) is 39.7 Å². The van der Waals surface area contributed by atoms with Crippen LogP contribution in [0.15, 0.2) is 18.2 Å². The van der Waals surface area contributed by atoms with E-state index in [4.69, 9.17) is 0 Å². The molecule has 1 fully saturated rings. The SMILES string of the molecule is Cc1cccc(CNCCCN2CCCC2)c1C. The summed E-state index contributed by atoms with van der Waals surface area (Å²) in [5, 5.41) is 3.57. The molecular weight excluding hydrogens is 220 g/mol. The van der Waals surface area contributed by atoms with Crippen molar-refractivity contribution in [1.29, 1.82) is 0 Å². The van der Waals surface area contributed by atoms with Gasteiger partial charge in [-0.1, -0.05) is 18.2 Å². The molecule has 0 bridgehead atoms. The fourth-order valence-corrected chi connectivity index (χ4v) is 2.66. The highest BCUT2D eigenvalue weighted by Gasteiger charge is 2.09. The van der Waals surface area contributed by atoms with Crippen molar-refractivity contribution < 1.29 is 0 Å². The van der Waals surface area contributed by atoms with E-state index in [0.29, 0.717) is 0 Å². The summed E-state index contributed by atoms with van der Waals surface area (Å²) in [6, 6.07) is 6.57. The minimum atomic E-state index is 1.01. The summed E-state index contributed by atoms with van der Waals surface area (Å²) in [5.74, 6) is 0. The van der Waals surface area contributed by atoms with Crippen LogP contribution in [0.3, 0.4) is 0 Å². The molecule has 1 aliphatic rings. The van der Waals surface area contributed by atoms with E-state index in [1.807, 2.05) is 0 Å². The number of nitrogens with zero attached hydrogens (tertiary/aromatic N) is 1. The van der Waals surface area contributed by atoms with Gasteiger partial charge in [0.1, 0.15) is 0 Å². The van der Waals surface area contributed by atoms with E-state index in [1.54, 1.807) is 0 Å². The lowest BCUT2D eigenvalue weighted by atomic mass is 10.0. The normalized spacial score (nSPS) is 16.3. The molecule has 1 N–H and O–H groups in total. The van der Waals surface area contributed by atoms with E-state index in [9.17, 15) is 0 Å². The van der Waals surface area contributed by atoms with Gasteiger partial charge in [0.25, 0.3) is 0 Å². The maximum Gasteiger partial charge on any atom is 0.0208 e. The van der Waals surface area contributed by atoms with Crippen LogP contribution in [0.5, 0.6) is 0 Å². The molecule has 0 atom stereocenters. The van der Waals surface area contributed by atoms with Gasteiger partial charge in [-0.3, -0.25) is 0 Å². The van der Waals surface area contributed by atoms with Crippen LogP contribution in [0.25, 0.3) is 0 Å². The van der Waals surface area contributed by atoms with Crippen LogP contribution in [-0.2, 0) is 6.54 Å². The molecule has 1 heterocycles. The molecule has 1 saturated heterocycles. The van der Waals surface area contributed by atoms with Gasteiger partial charge in [0.15, 0.2) is 0 Å². The maximum absolute atomic E-state index is 3.57. The Kier molecular flexibility index (Phi) is 5.21. The third-order valence-electron chi connectivity index (χ3n) is 4.06. The van der Waals surface area contributed by atoms with Crippen LogP contribution in [0, 0.1) is 13.8 Å². The van der Waals surface area contributed by atoms with Gasteiger partial charge >= 0.3 is 0 Å². The molecule has 18 heavy (non-hydrogen) atoms.